The first-order valence-electron chi connectivity index (χ1n) is 5.82. The lowest BCUT2D eigenvalue weighted by molar-refractivity contribution is 0.0992. The largest absolute Gasteiger partial charge is 0.364 e. The highest BCUT2D eigenvalue weighted by molar-refractivity contribution is 7.92. The second-order valence-electron chi connectivity index (χ2n) is 4.47. The van der Waals surface area contributed by atoms with Crippen molar-refractivity contribution >= 4 is 33.2 Å². The summed E-state index contributed by atoms with van der Waals surface area (Å²) in [4.78, 5) is 15.0. The van der Waals surface area contributed by atoms with Crippen molar-refractivity contribution in [2.24, 2.45) is 12.8 Å². The van der Waals surface area contributed by atoms with Gasteiger partial charge in [0, 0.05) is 13.2 Å². The van der Waals surface area contributed by atoms with Gasteiger partial charge in [0.2, 0.25) is 0 Å². The lowest BCUT2D eigenvalue weighted by Gasteiger charge is -2.07. The molecule has 2 aromatic heterocycles. The molecule has 7 nitrogen and oxygen atoms in total. The Kier molecular flexibility index (Phi) is 3.93. The Morgan fingerprint density at radius 2 is 2.10 bits per heavy atom. The SMILES string of the molecule is Cc1cc(NS(=O)(=O)c2cc(C(N)=O)n(C)c2)cnc1Cl. The molecular formula is C12H13ClN4O3S. The fraction of sp³-hybridized carbons (Fsp3) is 0.167. The number of nitrogens with zero attached hydrogens (tertiary/aromatic N) is 2. The van der Waals surface area contributed by atoms with E-state index in [4.69, 9.17) is 17.3 Å². The average Bonchev–Trinajstić information content (AvgIpc) is 2.77. The lowest BCUT2D eigenvalue weighted by Crippen LogP contribution is -2.14. The topological polar surface area (TPSA) is 107 Å². The molecule has 0 atom stereocenters. The second-order valence-corrected chi connectivity index (χ2v) is 6.51. The van der Waals surface area contributed by atoms with E-state index in [0.717, 1.165) is 0 Å². The molecule has 0 unspecified atom stereocenters. The van der Waals surface area contributed by atoms with Crippen LogP contribution in [0.25, 0.3) is 0 Å². The first-order valence-corrected chi connectivity index (χ1v) is 7.68. The van der Waals surface area contributed by atoms with E-state index in [1.54, 1.807) is 13.0 Å². The Morgan fingerprint density at radius 1 is 1.43 bits per heavy atom. The number of carbonyl (C=O) groups excluding carboxylic acids is 1. The third kappa shape index (κ3) is 3.17. The molecule has 1 amide bonds. The van der Waals surface area contributed by atoms with Gasteiger partial charge in [0.05, 0.1) is 11.9 Å². The van der Waals surface area contributed by atoms with Gasteiger partial charge in [-0.3, -0.25) is 9.52 Å². The number of aryl methyl sites for hydroxylation is 2. The van der Waals surface area contributed by atoms with Crippen LogP contribution in [-0.4, -0.2) is 23.9 Å². The van der Waals surface area contributed by atoms with E-state index in [-0.39, 0.29) is 16.3 Å². The van der Waals surface area contributed by atoms with Crippen LogP contribution in [0.3, 0.4) is 0 Å². The van der Waals surface area contributed by atoms with Gasteiger partial charge in [0.1, 0.15) is 15.7 Å². The van der Waals surface area contributed by atoms with Crippen LogP contribution in [-0.2, 0) is 17.1 Å². The Morgan fingerprint density at radius 3 is 2.62 bits per heavy atom. The van der Waals surface area contributed by atoms with Gasteiger partial charge in [-0.05, 0) is 24.6 Å². The van der Waals surface area contributed by atoms with Crippen LogP contribution in [0.15, 0.2) is 29.4 Å². The number of hydrogen-bond donors (Lipinski definition) is 2. The van der Waals surface area contributed by atoms with E-state index in [2.05, 4.69) is 9.71 Å². The molecule has 0 saturated carbocycles. The van der Waals surface area contributed by atoms with Crippen LogP contribution in [0.1, 0.15) is 16.1 Å². The quantitative estimate of drug-likeness (QED) is 0.824. The van der Waals surface area contributed by atoms with Gasteiger partial charge in [0.15, 0.2) is 0 Å². The number of hydrogen-bond acceptors (Lipinski definition) is 4. The number of aromatic nitrogens is 2. The molecule has 0 fully saturated rings. The lowest BCUT2D eigenvalue weighted by atomic mass is 10.3. The van der Waals surface area contributed by atoms with Gasteiger partial charge >= 0.3 is 0 Å². The Balaban J connectivity index is 2.36. The minimum absolute atomic E-state index is 0.0635. The van der Waals surface area contributed by atoms with E-state index in [1.165, 1.54) is 30.1 Å². The van der Waals surface area contributed by atoms with Crippen LogP contribution in [0.5, 0.6) is 0 Å². The fourth-order valence-corrected chi connectivity index (χ4v) is 2.96. The van der Waals surface area contributed by atoms with E-state index in [1.807, 2.05) is 0 Å². The number of rotatable bonds is 4. The maximum absolute atomic E-state index is 12.2. The number of primary amides is 1. The van der Waals surface area contributed by atoms with E-state index in [9.17, 15) is 13.2 Å². The molecule has 2 heterocycles. The van der Waals surface area contributed by atoms with Crippen LogP contribution in [0.4, 0.5) is 5.69 Å². The van der Waals surface area contributed by atoms with Gasteiger partial charge in [-0.1, -0.05) is 11.6 Å². The van der Waals surface area contributed by atoms with Gasteiger partial charge < -0.3 is 10.3 Å². The predicted octanol–water partition coefficient (Wildman–Crippen LogP) is 1.28. The minimum Gasteiger partial charge on any atom is -0.364 e. The van der Waals surface area contributed by atoms with Crippen LogP contribution >= 0.6 is 11.6 Å². The molecule has 0 bridgehead atoms. The number of amides is 1. The molecular weight excluding hydrogens is 316 g/mol. The van der Waals surface area contributed by atoms with Gasteiger partial charge in [-0.15, -0.1) is 0 Å². The summed E-state index contributed by atoms with van der Waals surface area (Å²) in [6.07, 6.45) is 2.61. The molecule has 21 heavy (non-hydrogen) atoms. The average molecular weight is 329 g/mol. The first-order chi connectivity index (χ1) is 9.70. The van der Waals surface area contributed by atoms with Gasteiger partial charge in [-0.2, -0.15) is 0 Å². The summed E-state index contributed by atoms with van der Waals surface area (Å²) in [5.74, 6) is -0.706. The predicted molar refractivity (Wildman–Crippen MR) is 78.7 cm³/mol. The summed E-state index contributed by atoms with van der Waals surface area (Å²) in [5.41, 5.74) is 6.18. The smallest absolute Gasteiger partial charge is 0.265 e. The molecule has 0 spiro atoms. The number of anilines is 1. The second kappa shape index (κ2) is 5.38. The number of nitrogens with two attached hydrogens (primary N) is 1. The molecule has 0 radical (unpaired) electrons. The van der Waals surface area contributed by atoms with Crippen molar-refractivity contribution in [2.75, 3.05) is 4.72 Å². The zero-order valence-electron chi connectivity index (χ0n) is 11.3. The van der Waals surface area contributed by atoms with E-state index >= 15 is 0 Å². The summed E-state index contributed by atoms with van der Waals surface area (Å²) < 4.78 is 28.2. The van der Waals surface area contributed by atoms with E-state index < -0.39 is 15.9 Å². The number of pyridine rings is 1. The highest BCUT2D eigenvalue weighted by Gasteiger charge is 2.20. The normalized spacial score (nSPS) is 11.4. The highest BCUT2D eigenvalue weighted by Crippen LogP contribution is 2.20. The van der Waals surface area contributed by atoms with Crippen molar-refractivity contribution in [2.45, 2.75) is 11.8 Å². The number of nitrogens with one attached hydrogen (secondary N) is 1. The molecule has 0 saturated heterocycles. The van der Waals surface area contributed by atoms with Crippen LogP contribution in [0.2, 0.25) is 5.15 Å². The monoisotopic (exact) mass is 328 g/mol. The van der Waals surface area contributed by atoms with Crippen molar-refractivity contribution in [3.63, 3.8) is 0 Å². The third-order valence-corrected chi connectivity index (χ3v) is 4.55. The molecule has 0 aliphatic rings. The Labute approximate surface area is 126 Å². The Bertz CT molecular complexity index is 814. The van der Waals surface area contributed by atoms with Crippen molar-refractivity contribution in [1.82, 2.24) is 9.55 Å². The third-order valence-electron chi connectivity index (χ3n) is 2.81. The molecule has 0 aliphatic carbocycles. The maximum Gasteiger partial charge on any atom is 0.265 e. The number of carbonyl (C=O) groups is 1. The summed E-state index contributed by atoms with van der Waals surface area (Å²) in [6, 6.07) is 2.77. The summed E-state index contributed by atoms with van der Waals surface area (Å²) in [7, 11) is -2.30. The molecule has 112 valence electrons. The molecule has 0 aliphatic heterocycles. The summed E-state index contributed by atoms with van der Waals surface area (Å²) >= 11 is 5.78. The highest BCUT2D eigenvalue weighted by atomic mass is 35.5. The maximum atomic E-state index is 12.2. The molecule has 2 rings (SSSR count). The zero-order valence-corrected chi connectivity index (χ0v) is 12.9. The summed E-state index contributed by atoms with van der Waals surface area (Å²) in [5, 5.41) is 0.300. The molecule has 0 aromatic carbocycles. The number of halogens is 1. The number of sulfonamides is 1. The van der Waals surface area contributed by atoms with Crippen molar-refractivity contribution in [1.29, 1.82) is 0 Å². The summed E-state index contributed by atoms with van der Waals surface area (Å²) in [6.45, 7) is 1.71. The van der Waals surface area contributed by atoms with Gasteiger partial charge in [-0.25, -0.2) is 13.4 Å². The molecule has 2 aromatic rings. The van der Waals surface area contributed by atoms with Crippen molar-refractivity contribution in [3.8, 4) is 0 Å². The van der Waals surface area contributed by atoms with Gasteiger partial charge in [0.25, 0.3) is 15.9 Å². The standard InChI is InChI=1S/C12H13ClN4O3S/c1-7-3-8(5-15-11(7)13)16-21(19,20)9-4-10(12(14)18)17(2)6-9/h3-6,16H,1-2H3,(H2,14,18). The van der Waals surface area contributed by atoms with E-state index in [0.29, 0.717) is 10.7 Å². The zero-order chi connectivity index (χ0) is 15.8. The van der Waals surface area contributed by atoms with Crippen LogP contribution < -0.4 is 10.5 Å². The van der Waals surface area contributed by atoms with Crippen LogP contribution in [0, 0.1) is 6.92 Å². The minimum atomic E-state index is -3.84. The van der Waals surface area contributed by atoms with Crippen molar-refractivity contribution < 1.29 is 13.2 Å². The molecule has 9 heteroatoms. The van der Waals surface area contributed by atoms with Crippen molar-refractivity contribution in [3.05, 3.63) is 40.9 Å². The Hall–Kier alpha value is -2.06. The fourth-order valence-electron chi connectivity index (χ4n) is 1.75. The first kappa shape index (κ1) is 15.3. The molecule has 3 N–H and O–H groups in total.